The lowest BCUT2D eigenvalue weighted by atomic mass is 10.0. The number of hydrogen-bond acceptors (Lipinski definition) is 6. The van der Waals surface area contributed by atoms with Crippen molar-refractivity contribution in [2.45, 2.75) is 34.7 Å². The lowest BCUT2D eigenvalue weighted by Crippen LogP contribution is -2.57. The average Bonchev–Trinajstić information content (AvgIpc) is 2.40. The maximum Gasteiger partial charge on any atom is 0.136 e. The van der Waals surface area contributed by atoms with E-state index < -0.39 is 36.5 Å². The summed E-state index contributed by atoms with van der Waals surface area (Å²) >= 11 is 1.24. The second-order valence-corrected chi connectivity index (χ2v) is 5.30. The SMILES string of the molecule is OC[C@H]1OC(Sc2ccccc2)[C@@H](O)[C@H](O)[C@@H]1O. The van der Waals surface area contributed by atoms with Crippen molar-refractivity contribution in [1.29, 1.82) is 0 Å². The molecule has 1 aliphatic heterocycles. The number of thioether (sulfide) groups is 1. The molecule has 1 fully saturated rings. The van der Waals surface area contributed by atoms with Crippen molar-refractivity contribution in [3.8, 4) is 0 Å². The van der Waals surface area contributed by atoms with Gasteiger partial charge in [-0.2, -0.15) is 0 Å². The summed E-state index contributed by atoms with van der Waals surface area (Å²) in [6, 6.07) is 9.29. The number of aliphatic hydroxyl groups excluding tert-OH is 4. The van der Waals surface area contributed by atoms with E-state index in [-0.39, 0.29) is 0 Å². The summed E-state index contributed by atoms with van der Waals surface area (Å²) in [5, 5.41) is 38.2. The van der Waals surface area contributed by atoms with E-state index in [1.807, 2.05) is 30.3 Å². The normalized spacial score (nSPS) is 36.6. The van der Waals surface area contributed by atoms with Gasteiger partial charge >= 0.3 is 0 Å². The van der Waals surface area contributed by atoms with E-state index in [9.17, 15) is 15.3 Å². The Hall–Kier alpha value is -0.630. The Labute approximate surface area is 109 Å². The van der Waals surface area contributed by atoms with Gasteiger partial charge < -0.3 is 25.2 Å². The Morgan fingerprint density at radius 2 is 1.67 bits per heavy atom. The summed E-state index contributed by atoms with van der Waals surface area (Å²) in [6.45, 7) is -0.406. The monoisotopic (exact) mass is 272 g/mol. The Balaban J connectivity index is 2.08. The first kappa shape index (κ1) is 13.8. The van der Waals surface area contributed by atoms with E-state index in [1.165, 1.54) is 11.8 Å². The minimum absolute atomic E-state index is 0.406. The van der Waals surface area contributed by atoms with E-state index in [1.54, 1.807) is 0 Å². The third-order valence-electron chi connectivity index (χ3n) is 2.84. The van der Waals surface area contributed by atoms with E-state index >= 15 is 0 Å². The largest absolute Gasteiger partial charge is 0.394 e. The molecule has 0 radical (unpaired) electrons. The molecule has 2 rings (SSSR count). The quantitative estimate of drug-likeness (QED) is 0.597. The van der Waals surface area contributed by atoms with Gasteiger partial charge in [-0.1, -0.05) is 30.0 Å². The first-order valence-corrected chi connectivity index (χ1v) is 6.53. The summed E-state index contributed by atoms with van der Waals surface area (Å²) in [6.07, 6.45) is -4.69. The summed E-state index contributed by atoms with van der Waals surface area (Å²) in [4.78, 5) is 0.877. The highest BCUT2D eigenvalue weighted by molar-refractivity contribution is 7.99. The van der Waals surface area contributed by atoms with Gasteiger partial charge in [-0.05, 0) is 12.1 Å². The van der Waals surface area contributed by atoms with Crippen LogP contribution >= 0.6 is 11.8 Å². The average molecular weight is 272 g/mol. The molecule has 18 heavy (non-hydrogen) atoms. The molecular formula is C12H16O5S. The molecule has 0 aromatic heterocycles. The first-order valence-electron chi connectivity index (χ1n) is 5.65. The summed E-state index contributed by atoms with van der Waals surface area (Å²) in [5.74, 6) is 0. The first-order chi connectivity index (χ1) is 8.63. The van der Waals surface area contributed by atoms with Crippen LogP contribution in [0, 0.1) is 0 Å². The highest BCUT2D eigenvalue weighted by Crippen LogP contribution is 2.32. The summed E-state index contributed by atoms with van der Waals surface area (Å²) < 4.78 is 5.39. The Bertz CT molecular complexity index is 372. The van der Waals surface area contributed by atoms with Crippen LogP contribution in [0.1, 0.15) is 0 Å². The van der Waals surface area contributed by atoms with Crippen LogP contribution in [0.2, 0.25) is 0 Å². The number of ether oxygens (including phenoxy) is 1. The molecule has 0 saturated carbocycles. The third kappa shape index (κ3) is 2.85. The van der Waals surface area contributed by atoms with Crippen LogP contribution in [0.15, 0.2) is 35.2 Å². The van der Waals surface area contributed by atoms with E-state index in [0.29, 0.717) is 0 Å². The molecule has 0 spiro atoms. The molecule has 1 aromatic rings. The third-order valence-corrected chi connectivity index (χ3v) is 4.01. The van der Waals surface area contributed by atoms with Crippen molar-refractivity contribution in [2.24, 2.45) is 0 Å². The molecular weight excluding hydrogens is 256 g/mol. The van der Waals surface area contributed by atoms with Gasteiger partial charge in [0, 0.05) is 4.90 Å². The maximum absolute atomic E-state index is 9.85. The number of rotatable bonds is 3. The Kier molecular flexibility index (Phi) is 4.60. The zero-order valence-electron chi connectivity index (χ0n) is 9.59. The van der Waals surface area contributed by atoms with Crippen LogP contribution < -0.4 is 0 Å². The highest BCUT2D eigenvalue weighted by atomic mass is 32.2. The zero-order valence-corrected chi connectivity index (χ0v) is 10.4. The molecule has 5 nitrogen and oxygen atoms in total. The summed E-state index contributed by atoms with van der Waals surface area (Å²) in [7, 11) is 0. The fourth-order valence-electron chi connectivity index (χ4n) is 1.80. The molecule has 1 heterocycles. The molecule has 1 unspecified atom stereocenters. The van der Waals surface area contributed by atoms with Gasteiger partial charge in [0.2, 0.25) is 0 Å². The van der Waals surface area contributed by atoms with Crippen molar-refractivity contribution in [3.63, 3.8) is 0 Å². The van der Waals surface area contributed by atoms with E-state index in [2.05, 4.69) is 0 Å². The van der Waals surface area contributed by atoms with E-state index in [4.69, 9.17) is 9.84 Å². The standard InChI is InChI=1S/C12H16O5S/c13-6-8-9(14)10(15)11(16)12(17-8)18-7-4-2-1-3-5-7/h1-5,8-16H,6H2/t8-,9-,10-,11+,12?/m1/s1. The highest BCUT2D eigenvalue weighted by Gasteiger charge is 2.43. The predicted octanol–water partition coefficient (Wildman–Crippen LogP) is -0.421. The topological polar surface area (TPSA) is 90.2 Å². The maximum atomic E-state index is 9.85. The van der Waals surface area contributed by atoms with Crippen LogP contribution in [0.25, 0.3) is 0 Å². The van der Waals surface area contributed by atoms with Gasteiger partial charge in [-0.25, -0.2) is 0 Å². The van der Waals surface area contributed by atoms with Crippen molar-refractivity contribution in [3.05, 3.63) is 30.3 Å². The van der Waals surface area contributed by atoms with Gasteiger partial charge in [0.1, 0.15) is 29.9 Å². The molecule has 1 aliphatic rings. The van der Waals surface area contributed by atoms with Crippen molar-refractivity contribution in [1.82, 2.24) is 0 Å². The molecule has 1 saturated heterocycles. The van der Waals surface area contributed by atoms with Crippen LogP contribution in [0.4, 0.5) is 0 Å². The van der Waals surface area contributed by atoms with Gasteiger partial charge in [-0.15, -0.1) is 0 Å². The fourth-order valence-corrected chi connectivity index (χ4v) is 2.88. The lowest BCUT2D eigenvalue weighted by molar-refractivity contribution is -0.205. The second-order valence-electron chi connectivity index (χ2n) is 4.13. The Morgan fingerprint density at radius 3 is 2.28 bits per heavy atom. The van der Waals surface area contributed by atoms with Crippen molar-refractivity contribution >= 4 is 11.8 Å². The predicted molar refractivity (Wildman–Crippen MR) is 66.1 cm³/mol. The molecule has 1 aromatic carbocycles. The molecule has 0 aliphatic carbocycles. The van der Waals surface area contributed by atoms with Gasteiger partial charge in [0.15, 0.2) is 0 Å². The molecule has 0 amide bonds. The van der Waals surface area contributed by atoms with Crippen LogP contribution in [-0.2, 0) is 4.74 Å². The zero-order chi connectivity index (χ0) is 13.1. The van der Waals surface area contributed by atoms with Crippen LogP contribution in [-0.4, -0.2) is 56.9 Å². The van der Waals surface area contributed by atoms with Crippen molar-refractivity contribution in [2.75, 3.05) is 6.61 Å². The molecule has 5 atom stereocenters. The Morgan fingerprint density at radius 1 is 1.00 bits per heavy atom. The number of aliphatic hydroxyl groups is 4. The molecule has 6 heteroatoms. The molecule has 0 bridgehead atoms. The number of benzene rings is 1. The van der Waals surface area contributed by atoms with Crippen LogP contribution in [0.5, 0.6) is 0 Å². The summed E-state index contributed by atoms with van der Waals surface area (Å²) in [5.41, 5.74) is -0.719. The van der Waals surface area contributed by atoms with E-state index in [0.717, 1.165) is 4.90 Å². The van der Waals surface area contributed by atoms with Gasteiger partial charge in [0.05, 0.1) is 6.61 Å². The number of hydrogen-bond donors (Lipinski definition) is 4. The fraction of sp³-hybridized carbons (Fsp3) is 0.500. The van der Waals surface area contributed by atoms with Gasteiger partial charge in [0.25, 0.3) is 0 Å². The van der Waals surface area contributed by atoms with Crippen molar-refractivity contribution < 1.29 is 25.2 Å². The lowest BCUT2D eigenvalue weighted by Gasteiger charge is -2.39. The second kappa shape index (κ2) is 6.01. The molecule has 4 N–H and O–H groups in total. The van der Waals surface area contributed by atoms with Crippen LogP contribution in [0.3, 0.4) is 0 Å². The minimum Gasteiger partial charge on any atom is -0.394 e. The minimum atomic E-state index is -1.32. The smallest absolute Gasteiger partial charge is 0.136 e. The molecule has 100 valence electrons. The van der Waals surface area contributed by atoms with Gasteiger partial charge in [-0.3, -0.25) is 0 Å².